The highest BCUT2D eigenvalue weighted by Gasteiger charge is 2.65. The minimum absolute atomic E-state index is 0.0544. The summed E-state index contributed by atoms with van der Waals surface area (Å²) in [6.45, 7) is 1.96. The Hall–Kier alpha value is -0.640. The molecule has 0 aromatic rings. The maximum atomic E-state index is 12.1. The zero-order chi connectivity index (χ0) is 12.2. The minimum atomic E-state index is -0.274. The normalized spacial score (nSPS) is 43.0. The van der Waals surface area contributed by atoms with Crippen molar-refractivity contribution in [1.29, 1.82) is 0 Å². The van der Waals surface area contributed by atoms with Crippen molar-refractivity contribution < 1.29 is 4.79 Å². The van der Waals surface area contributed by atoms with Gasteiger partial charge in [0.1, 0.15) is 0 Å². The van der Waals surface area contributed by atoms with Gasteiger partial charge in [-0.15, -0.1) is 0 Å². The summed E-state index contributed by atoms with van der Waals surface area (Å²) in [5, 5.41) is 3.18. The predicted molar refractivity (Wildman–Crippen MR) is 70.3 cm³/mol. The maximum absolute atomic E-state index is 12.1. The first-order valence-electron chi connectivity index (χ1n) is 6.73. The molecule has 5 atom stereocenters. The van der Waals surface area contributed by atoms with Crippen LogP contribution in [0.2, 0.25) is 0 Å². The fourth-order valence-electron chi connectivity index (χ4n) is 4.30. The van der Waals surface area contributed by atoms with Crippen LogP contribution in [0.1, 0.15) is 32.6 Å². The average Bonchev–Trinajstić information content (AvgIpc) is 2.70. The van der Waals surface area contributed by atoms with Crippen molar-refractivity contribution in [2.45, 2.75) is 38.6 Å². The van der Waals surface area contributed by atoms with E-state index in [0.29, 0.717) is 17.5 Å². The van der Waals surface area contributed by atoms with Crippen molar-refractivity contribution in [2.24, 2.45) is 35.3 Å². The third kappa shape index (κ3) is 1.68. The molecule has 0 heterocycles. The van der Waals surface area contributed by atoms with Crippen molar-refractivity contribution in [3.05, 3.63) is 0 Å². The van der Waals surface area contributed by atoms with Crippen molar-refractivity contribution >= 4 is 23.1 Å². The van der Waals surface area contributed by atoms with Gasteiger partial charge in [0.05, 0.1) is 10.9 Å². The Kier molecular flexibility index (Phi) is 2.65. The van der Waals surface area contributed by atoms with Crippen LogP contribution in [-0.4, -0.2) is 16.9 Å². The average molecular weight is 252 g/mol. The Labute approximate surface area is 108 Å². The van der Waals surface area contributed by atoms with E-state index in [1.807, 2.05) is 6.92 Å². The summed E-state index contributed by atoms with van der Waals surface area (Å²) in [6.07, 6.45) is 4.87. The standard InChI is InChI=1S/C13H20N2OS/c1-2-8(12(14)17)13(16)15-11-9-6-3-4-7(5-6)10(9)11/h6-11H,2-5H2,1H3,(H2,14,17)(H,15,16). The number of carbonyl (C=O) groups is 1. The third-order valence-corrected chi connectivity index (χ3v) is 5.40. The molecule has 2 bridgehead atoms. The van der Waals surface area contributed by atoms with E-state index in [-0.39, 0.29) is 11.8 Å². The first-order chi connectivity index (χ1) is 8.13. The molecule has 0 spiro atoms. The van der Waals surface area contributed by atoms with Crippen LogP contribution in [0.15, 0.2) is 0 Å². The van der Waals surface area contributed by atoms with Gasteiger partial charge in [0.2, 0.25) is 5.91 Å². The first kappa shape index (κ1) is 11.5. The van der Waals surface area contributed by atoms with Gasteiger partial charge >= 0.3 is 0 Å². The quantitative estimate of drug-likeness (QED) is 0.745. The SMILES string of the molecule is CCC(C(=O)NC1C2C3CCC(C3)C12)C(N)=S. The number of nitrogens with one attached hydrogen (secondary N) is 1. The molecule has 3 nitrogen and oxygen atoms in total. The maximum Gasteiger partial charge on any atom is 0.230 e. The van der Waals surface area contributed by atoms with Crippen LogP contribution in [0, 0.1) is 29.6 Å². The predicted octanol–water partition coefficient (Wildman–Crippen LogP) is 1.46. The van der Waals surface area contributed by atoms with Gasteiger partial charge in [-0.1, -0.05) is 19.1 Å². The van der Waals surface area contributed by atoms with E-state index < -0.39 is 0 Å². The van der Waals surface area contributed by atoms with Crippen molar-refractivity contribution in [3.63, 3.8) is 0 Å². The van der Waals surface area contributed by atoms with Crippen LogP contribution in [0.3, 0.4) is 0 Å². The molecule has 0 radical (unpaired) electrons. The van der Waals surface area contributed by atoms with Gasteiger partial charge in [0.15, 0.2) is 0 Å². The highest BCUT2D eigenvalue weighted by molar-refractivity contribution is 7.80. The zero-order valence-electron chi connectivity index (χ0n) is 10.2. The van der Waals surface area contributed by atoms with Crippen LogP contribution >= 0.6 is 12.2 Å². The molecular formula is C13H20N2OS. The summed E-state index contributed by atoms with van der Waals surface area (Å²) in [4.78, 5) is 12.4. The van der Waals surface area contributed by atoms with E-state index in [9.17, 15) is 4.79 Å². The monoisotopic (exact) mass is 252 g/mol. The highest BCUT2D eigenvalue weighted by Crippen LogP contribution is 2.65. The lowest BCUT2D eigenvalue weighted by atomic mass is 10.0. The molecule has 4 heteroatoms. The van der Waals surface area contributed by atoms with Crippen LogP contribution in [0.5, 0.6) is 0 Å². The number of rotatable bonds is 4. The van der Waals surface area contributed by atoms with Crippen LogP contribution in [0.25, 0.3) is 0 Å². The van der Waals surface area contributed by atoms with Crippen molar-refractivity contribution in [1.82, 2.24) is 5.32 Å². The molecule has 17 heavy (non-hydrogen) atoms. The summed E-state index contributed by atoms with van der Waals surface area (Å²) < 4.78 is 0. The van der Waals surface area contributed by atoms with E-state index in [1.165, 1.54) is 19.3 Å². The van der Waals surface area contributed by atoms with E-state index in [0.717, 1.165) is 23.7 Å². The Morgan fingerprint density at radius 1 is 1.41 bits per heavy atom. The molecule has 1 amide bonds. The smallest absolute Gasteiger partial charge is 0.230 e. The van der Waals surface area contributed by atoms with Gasteiger partial charge in [-0.05, 0) is 49.4 Å². The Balaban J connectivity index is 1.59. The number of nitrogens with two attached hydrogens (primary N) is 1. The lowest BCUT2D eigenvalue weighted by Gasteiger charge is -2.15. The van der Waals surface area contributed by atoms with Crippen molar-refractivity contribution in [2.75, 3.05) is 0 Å². The fraction of sp³-hybridized carbons (Fsp3) is 0.846. The molecule has 3 aliphatic carbocycles. The molecule has 0 aliphatic heterocycles. The molecule has 0 aromatic heterocycles. The zero-order valence-corrected chi connectivity index (χ0v) is 11.0. The lowest BCUT2D eigenvalue weighted by molar-refractivity contribution is -0.123. The second kappa shape index (κ2) is 3.94. The summed E-state index contributed by atoms with van der Waals surface area (Å²) in [5.41, 5.74) is 5.60. The summed E-state index contributed by atoms with van der Waals surface area (Å²) in [6, 6.07) is 0.442. The second-order valence-corrected chi connectivity index (χ2v) is 6.36. The number of fused-ring (bicyclic) bond motifs is 5. The fourth-order valence-corrected chi connectivity index (χ4v) is 4.57. The largest absolute Gasteiger partial charge is 0.393 e. The summed E-state index contributed by atoms with van der Waals surface area (Å²) in [5.74, 6) is 3.12. The lowest BCUT2D eigenvalue weighted by Crippen LogP contribution is -2.40. The molecule has 3 aliphatic rings. The Morgan fingerprint density at radius 2 is 2.00 bits per heavy atom. The molecule has 3 saturated carbocycles. The topological polar surface area (TPSA) is 55.1 Å². The highest BCUT2D eigenvalue weighted by atomic mass is 32.1. The van der Waals surface area contributed by atoms with Crippen molar-refractivity contribution in [3.8, 4) is 0 Å². The summed E-state index contributed by atoms with van der Waals surface area (Å²) >= 11 is 4.94. The van der Waals surface area contributed by atoms with E-state index in [2.05, 4.69) is 5.32 Å². The van der Waals surface area contributed by atoms with Crippen LogP contribution in [-0.2, 0) is 4.79 Å². The summed E-state index contributed by atoms with van der Waals surface area (Å²) in [7, 11) is 0. The van der Waals surface area contributed by atoms with Crippen LogP contribution in [0.4, 0.5) is 0 Å². The number of carbonyl (C=O) groups excluding carboxylic acids is 1. The van der Waals surface area contributed by atoms with Gasteiger partial charge < -0.3 is 11.1 Å². The molecule has 0 aromatic carbocycles. The molecule has 5 unspecified atom stereocenters. The molecule has 94 valence electrons. The minimum Gasteiger partial charge on any atom is -0.393 e. The second-order valence-electron chi connectivity index (χ2n) is 5.89. The van der Waals surface area contributed by atoms with Gasteiger partial charge in [0, 0.05) is 6.04 Å². The number of thiocarbonyl (C=S) groups is 1. The third-order valence-electron chi connectivity index (χ3n) is 5.11. The van der Waals surface area contributed by atoms with Gasteiger partial charge in [-0.25, -0.2) is 0 Å². The molecule has 3 rings (SSSR count). The molecular weight excluding hydrogens is 232 g/mol. The number of hydrogen-bond acceptors (Lipinski definition) is 2. The Morgan fingerprint density at radius 3 is 2.47 bits per heavy atom. The first-order valence-corrected chi connectivity index (χ1v) is 7.14. The molecule has 0 saturated heterocycles. The van der Waals surface area contributed by atoms with E-state index in [1.54, 1.807) is 0 Å². The van der Waals surface area contributed by atoms with E-state index >= 15 is 0 Å². The van der Waals surface area contributed by atoms with E-state index in [4.69, 9.17) is 18.0 Å². The number of amides is 1. The molecule has 3 N–H and O–H groups in total. The van der Waals surface area contributed by atoms with Gasteiger partial charge in [-0.3, -0.25) is 4.79 Å². The van der Waals surface area contributed by atoms with Gasteiger partial charge in [0.25, 0.3) is 0 Å². The molecule has 3 fully saturated rings. The number of hydrogen-bond donors (Lipinski definition) is 2. The van der Waals surface area contributed by atoms with Crippen LogP contribution < -0.4 is 11.1 Å². The Bertz CT molecular complexity index is 354. The van der Waals surface area contributed by atoms with Gasteiger partial charge in [-0.2, -0.15) is 0 Å².